The van der Waals surface area contributed by atoms with Gasteiger partial charge in [0.2, 0.25) is 0 Å². The Balaban J connectivity index is 1.91. The molecule has 110 valence electrons. The number of hydrogen-bond acceptors (Lipinski definition) is 3. The smallest absolute Gasteiger partial charge is 0.0782 e. The molecule has 3 nitrogen and oxygen atoms in total. The second kappa shape index (κ2) is 5.66. The second-order valence-corrected chi connectivity index (χ2v) is 7.09. The van der Waals surface area contributed by atoms with E-state index in [1.165, 1.54) is 25.1 Å². The van der Waals surface area contributed by atoms with Gasteiger partial charge in [-0.15, -0.1) is 0 Å². The minimum absolute atomic E-state index is 0.434. The van der Waals surface area contributed by atoms with Gasteiger partial charge in [-0.1, -0.05) is 15.9 Å². The van der Waals surface area contributed by atoms with E-state index in [1.54, 1.807) is 0 Å². The van der Waals surface area contributed by atoms with Crippen molar-refractivity contribution in [2.75, 3.05) is 24.5 Å². The molecule has 0 amide bonds. The van der Waals surface area contributed by atoms with Crippen LogP contribution in [0.2, 0.25) is 0 Å². The van der Waals surface area contributed by atoms with E-state index in [2.05, 4.69) is 44.8 Å². The van der Waals surface area contributed by atoms with Gasteiger partial charge < -0.3 is 10.0 Å². The van der Waals surface area contributed by atoms with Crippen LogP contribution in [0.5, 0.6) is 0 Å². The maximum Gasteiger partial charge on any atom is 0.0782 e. The molecule has 3 atom stereocenters. The number of anilines is 1. The Morgan fingerprint density at radius 2 is 2.15 bits per heavy atom. The van der Waals surface area contributed by atoms with Crippen LogP contribution in [0.4, 0.5) is 5.69 Å². The fourth-order valence-electron chi connectivity index (χ4n) is 3.64. The topological polar surface area (TPSA) is 26.7 Å². The van der Waals surface area contributed by atoms with Gasteiger partial charge in [0, 0.05) is 40.9 Å². The first-order valence-electron chi connectivity index (χ1n) is 7.54. The lowest BCUT2D eigenvalue weighted by Gasteiger charge is -2.44. The summed E-state index contributed by atoms with van der Waals surface area (Å²) in [6, 6.07) is 7.47. The summed E-state index contributed by atoms with van der Waals surface area (Å²) in [7, 11) is 0. The van der Waals surface area contributed by atoms with Crippen LogP contribution in [0.1, 0.15) is 38.4 Å². The molecule has 0 spiro atoms. The Labute approximate surface area is 129 Å². The molecule has 0 bridgehead atoms. The number of aliphatic hydroxyl groups is 1. The predicted octanol–water partition coefficient (Wildman–Crippen LogP) is 3.18. The molecule has 0 aliphatic carbocycles. The zero-order valence-electron chi connectivity index (χ0n) is 12.2. The van der Waals surface area contributed by atoms with Gasteiger partial charge in [-0.25, -0.2) is 0 Å². The van der Waals surface area contributed by atoms with E-state index in [0.29, 0.717) is 12.1 Å². The standard InChI is InChI=1S/C16H23BrN2O/c1-11-9-18-7-3-4-14(18)10-19(11)16-6-5-13(17)8-15(16)12(2)20/h5-6,8,11-12,14,20H,3-4,7,9-10H2,1-2H3. The largest absolute Gasteiger partial charge is 0.389 e. The van der Waals surface area contributed by atoms with Gasteiger partial charge in [-0.05, 0) is 51.4 Å². The van der Waals surface area contributed by atoms with Crippen molar-refractivity contribution < 1.29 is 5.11 Å². The van der Waals surface area contributed by atoms with Gasteiger partial charge in [0.05, 0.1) is 6.10 Å². The minimum atomic E-state index is -0.434. The monoisotopic (exact) mass is 338 g/mol. The number of rotatable bonds is 2. The first-order valence-corrected chi connectivity index (χ1v) is 8.34. The van der Waals surface area contributed by atoms with E-state index >= 15 is 0 Å². The summed E-state index contributed by atoms with van der Waals surface area (Å²) in [4.78, 5) is 5.11. The molecule has 2 heterocycles. The van der Waals surface area contributed by atoms with Crippen molar-refractivity contribution >= 4 is 21.6 Å². The lowest BCUT2D eigenvalue weighted by atomic mass is 10.0. The number of fused-ring (bicyclic) bond motifs is 1. The molecule has 20 heavy (non-hydrogen) atoms. The van der Waals surface area contributed by atoms with Crippen LogP contribution in [-0.4, -0.2) is 41.7 Å². The van der Waals surface area contributed by atoms with Crippen LogP contribution in [0.3, 0.4) is 0 Å². The molecule has 0 saturated carbocycles. The number of nitrogens with zero attached hydrogens (tertiary/aromatic N) is 2. The molecule has 3 rings (SSSR count). The third-order valence-corrected chi connectivity index (χ3v) is 5.18. The number of benzene rings is 1. The summed E-state index contributed by atoms with van der Waals surface area (Å²) in [5.41, 5.74) is 2.22. The van der Waals surface area contributed by atoms with Crippen LogP contribution in [0, 0.1) is 0 Å². The fourth-order valence-corrected chi connectivity index (χ4v) is 4.02. The quantitative estimate of drug-likeness (QED) is 0.897. The van der Waals surface area contributed by atoms with Crippen molar-refractivity contribution in [2.24, 2.45) is 0 Å². The zero-order valence-corrected chi connectivity index (χ0v) is 13.8. The van der Waals surface area contributed by atoms with E-state index < -0.39 is 6.10 Å². The number of halogens is 1. The third-order valence-electron chi connectivity index (χ3n) is 4.69. The van der Waals surface area contributed by atoms with Gasteiger partial charge in [-0.2, -0.15) is 0 Å². The van der Waals surface area contributed by atoms with Gasteiger partial charge in [0.1, 0.15) is 0 Å². The number of piperazine rings is 1. The van der Waals surface area contributed by atoms with E-state index in [-0.39, 0.29) is 0 Å². The normalized spacial score (nSPS) is 28.5. The number of hydrogen-bond donors (Lipinski definition) is 1. The van der Waals surface area contributed by atoms with Crippen LogP contribution in [0.15, 0.2) is 22.7 Å². The van der Waals surface area contributed by atoms with Crippen LogP contribution in [-0.2, 0) is 0 Å². The highest BCUT2D eigenvalue weighted by molar-refractivity contribution is 9.10. The summed E-state index contributed by atoms with van der Waals surface area (Å²) in [5, 5.41) is 10.1. The van der Waals surface area contributed by atoms with Crippen LogP contribution < -0.4 is 4.90 Å². The predicted molar refractivity (Wildman–Crippen MR) is 86.2 cm³/mol. The van der Waals surface area contributed by atoms with Crippen molar-refractivity contribution in [2.45, 2.75) is 44.9 Å². The molecule has 2 fully saturated rings. The molecule has 1 aromatic rings. The summed E-state index contributed by atoms with van der Waals surface area (Å²) >= 11 is 3.51. The van der Waals surface area contributed by atoms with E-state index in [4.69, 9.17) is 0 Å². The molecule has 3 unspecified atom stereocenters. The molecule has 0 radical (unpaired) electrons. The molecular formula is C16H23BrN2O. The first-order chi connectivity index (χ1) is 9.56. The van der Waals surface area contributed by atoms with Gasteiger partial charge in [0.15, 0.2) is 0 Å². The lowest BCUT2D eigenvalue weighted by Crippen LogP contribution is -2.55. The highest BCUT2D eigenvalue weighted by Gasteiger charge is 2.35. The van der Waals surface area contributed by atoms with Crippen molar-refractivity contribution in [3.05, 3.63) is 28.2 Å². The first kappa shape index (κ1) is 14.4. The highest BCUT2D eigenvalue weighted by atomic mass is 79.9. The fraction of sp³-hybridized carbons (Fsp3) is 0.625. The molecule has 2 aliphatic heterocycles. The molecule has 2 aliphatic rings. The highest BCUT2D eigenvalue weighted by Crippen LogP contribution is 2.34. The van der Waals surface area contributed by atoms with Gasteiger partial charge in [-0.3, -0.25) is 4.90 Å². The maximum absolute atomic E-state index is 10.1. The Morgan fingerprint density at radius 3 is 2.90 bits per heavy atom. The van der Waals surface area contributed by atoms with Gasteiger partial charge >= 0.3 is 0 Å². The minimum Gasteiger partial charge on any atom is -0.389 e. The Kier molecular flexibility index (Phi) is 4.07. The average Bonchev–Trinajstić information content (AvgIpc) is 2.85. The SMILES string of the molecule is CC(O)c1cc(Br)ccc1N1CC2CCCN2CC1C. The molecule has 0 aromatic heterocycles. The van der Waals surface area contributed by atoms with E-state index in [0.717, 1.165) is 23.1 Å². The molecule has 1 N–H and O–H groups in total. The molecule has 4 heteroatoms. The van der Waals surface area contributed by atoms with E-state index in [9.17, 15) is 5.11 Å². The third kappa shape index (κ3) is 2.61. The maximum atomic E-state index is 10.1. The van der Waals surface area contributed by atoms with Crippen molar-refractivity contribution in [3.8, 4) is 0 Å². The molecule has 2 saturated heterocycles. The van der Waals surface area contributed by atoms with Gasteiger partial charge in [0.25, 0.3) is 0 Å². The summed E-state index contributed by atoms with van der Waals surface area (Å²) < 4.78 is 1.03. The zero-order chi connectivity index (χ0) is 14.3. The van der Waals surface area contributed by atoms with Crippen LogP contribution in [0.25, 0.3) is 0 Å². The summed E-state index contributed by atoms with van der Waals surface area (Å²) in [6.45, 7) is 7.62. The van der Waals surface area contributed by atoms with E-state index in [1.807, 2.05) is 13.0 Å². The Hall–Kier alpha value is -0.580. The Bertz CT molecular complexity index is 491. The Morgan fingerprint density at radius 1 is 1.35 bits per heavy atom. The second-order valence-electron chi connectivity index (χ2n) is 6.17. The molecular weight excluding hydrogens is 316 g/mol. The average molecular weight is 339 g/mol. The van der Waals surface area contributed by atoms with Crippen molar-refractivity contribution in [1.29, 1.82) is 0 Å². The summed E-state index contributed by atoms with van der Waals surface area (Å²) in [5.74, 6) is 0. The summed E-state index contributed by atoms with van der Waals surface area (Å²) in [6.07, 6.45) is 2.20. The van der Waals surface area contributed by atoms with Crippen LogP contribution >= 0.6 is 15.9 Å². The molecule has 1 aromatic carbocycles. The van der Waals surface area contributed by atoms with Crippen molar-refractivity contribution in [3.63, 3.8) is 0 Å². The number of aliphatic hydroxyl groups excluding tert-OH is 1. The van der Waals surface area contributed by atoms with Crippen molar-refractivity contribution in [1.82, 2.24) is 4.90 Å². The lowest BCUT2D eigenvalue weighted by molar-refractivity contribution is 0.192.